The Morgan fingerprint density at radius 3 is 2.16 bits per heavy atom. The van der Waals surface area contributed by atoms with Crippen molar-refractivity contribution in [3.05, 3.63) is 10.2 Å². The molecule has 0 saturated heterocycles. The topological polar surface area (TPSA) is 9.23 Å². The third-order valence-corrected chi connectivity index (χ3v) is 8.63. The summed E-state index contributed by atoms with van der Waals surface area (Å²) in [4.78, 5) is 0. The molecule has 0 rings (SSSR count). The summed E-state index contributed by atoms with van der Waals surface area (Å²) in [6.45, 7) is 12.1. The van der Waals surface area contributed by atoms with Gasteiger partial charge < -0.3 is 4.43 Å². The molecular formula is C14H27F2IOSi. The monoisotopic (exact) mass is 404 g/mol. The molecular weight excluding hydrogens is 377 g/mol. The minimum absolute atomic E-state index is 0.0643. The van der Waals surface area contributed by atoms with Crippen molar-refractivity contribution in [3.8, 4) is 0 Å². The standard InChI is InChI=1S/C14H27F2IOSi/c1-7-8-10-14(15,16)12(9-11-17)18-19(5,6)13(2,3)4/h9,11-12H,7-8,10H2,1-6H3/t12-/m1/s1. The second kappa shape index (κ2) is 7.50. The average Bonchev–Trinajstić information content (AvgIpc) is 2.24. The summed E-state index contributed by atoms with van der Waals surface area (Å²) in [7, 11) is -2.19. The van der Waals surface area contributed by atoms with Crippen LogP contribution in [-0.4, -0.2) is 20.3 Å². The maximum Gasteiger partial charge on any atom is 0.276 e. The Balaban J connectivity index is 5.03. The van der Waals surface area contributed by atoms with Crippen LogP contribution < -0.4 is 0 Å². The first-order valence-corrected chi connectivity index (χ1v) is 11.0. The van der Waals surface area contributed by atoms with Crippen LogP contribution in [0.3, 0.4) is 0 Å². The van der Waals surface area contributed by atoms with E-state index >= 15 is 0 Å². The first-order valence-electron chi connectivity index (χ1n) is 6.80. The zero-order chi connectivity index (χ0) is 15.3. The number of alkyl halides is 2. The molecule has 114 valence electrons. The molecule has 0 bridgehead atoms. The number of halogens is 3. The Bertz CT molecular complexity index is 298. The van der Waals surface area contributed by atoms with Crippen molar-refractivity contribution in [2.24, 2.45) is 0 Å². The molecule has 0 saturated carbocycles. The highest BCUT2D eigenvalue weighted by molar-refractivity contribution is 14.1. The molecule has 0 heterocycles. The maximum atomic E-state index is 14.2. The van der Waals surface area contributed by atoms with Crippen molar-refractivity contribution >= 4 is 30.9 Å². The van der Waals surface area contributed by atoms with E-state index in [1.54, 1.807) is 4.08 Å². The van der Waals surface area contributed by atoms with E-state index < -0.39 is 20.3 Å². The van der Waals surface area contributed by atoms with E-state index in [9.17, 15) is 8.78 Å². The Hall–Kier alpha value is 0.507. The molecule has 1 nitrogen and oxygen atoms in total. The third kappa shape index (κ3) is 6.21. The summed E-state index contributed by atoms with van der Waals surface area (Å²) in [6.07, 6.45) is 1.59. The van der Waals surface area contributed by atoms with Crippen molar-refractivity contribution in [2.45, 2.75) is 77.1 Å². The van der Waals surface area contributed by atoms with Crippen LogP contribution in [0.5, 0.6) is 0 Å². The molecule has 0 aromatic heterocycles. The number of rotatable bonds is 7. The minimum atomic E-state index is -2.78. The van der Waals surface area contributed by atoms with E-state index in [0.29, 0.717) is 6.42 Å². The number of hydrogen-bond donors (Lipinski definition) is 0. The SMILES string of the molecule is CCCCC(F)(F)[C@@H](C=CI)O[Si](C)(C)C(C)(C)C. The van der Waals surface area contributed by atoms with Crippen LogP contribution in [-0.2, 0) is 4.43 Å². The van der Waals surface area contributed by atoms with Crippen LogP contribution in [0.25, 0.3) is 0 Å². The lowest BCUT2D eigenvalue weighted by Crippen LogP contribution is -2.48. The Morgan fingerprint density at radius 1 is 1.26 bits per heavy atom. The van der Waals surface area contributed by atoms with Gasteiger partial charge in [0.15, 0.2) is 8.32 Å². The summed E-state index contributed by atoms with van der Waals surface area (Å²) in [5.41, 5.74) is 0. The van der Waals surface area contributed by atoms with Gasteiger partial charge in [-0.15, -0.1) is 0 Å². The third-order valence-electron chi connectivity index (χ3n) is 3.76. The van der Waals surface area contributed by atoms with E-state index in [4.69, 9.17) is 4.43 Å². The molecule has 0 spiro atoms. The lowest BCUT2D eigenvalue weighted by atomic mass is 10.1. The van der Waals surface area contributed by atoms with Crippen LogP contribution in [0.15, 0.2) is 10.2 Å². The van der Waals surface area contributed by atoms with Crippen molar-refractivity contribution < 1.29 is 13.2 Å². The first kappa shape index (κ1) is 19.5. The average molecular weight is 404 g/mol. The van der Waals surface area contributed by atoms with Gasteiger partial charge in [0.2, 0.25) is 0 Å². The second-order valence-corrected chi connectivity index (χ2v) is 12.0. The molecule has 0 aromatic carbocycles. The Labute approximate surface area is 131 Å². The molecule has 0 N–H and O–H groups in total. The smallest absolute Gasteiger partial charge is 0.276 e. The molecule has 0 amide bonds. The van der Waals surface area contributed by atoms with Gasteiger partial charge in [0.05, 0.1) is 0 Å². The van der Waals surface area contributed by atoms with Crippen LogP contribution in [0.2, 0.25) is 18.1 Å². The Kier molecular flexibility index (Phi) is 7.70. The highest BCUT2D eigenvalue weighted by Crippen LogP contribution is 2.40. The summed E-state index contributed by atoms with van der Waals surface area (Å²) >= 11 is 1.97. The van der Waals surface area contributed by atoms with E-state index in [1.165, 1.54) is 6.08 Å². The van der Waals surface area contributed by atoms with Gasteiger partial charge in [-0.1, -0.05) is 56.7 Å². The fourth-order valence-corrected chi connectivity index (χ4v) is 3.00. The van der Waals surface area contributed by atoms with Gasteiger partial charge in [0.25, 0.3) is 5.92 Å². The zero-order valence-corrected chi connectivity index (χ0v) is 16.1. The van der Waals surface area contributed by atoms with Crippen LogP contribution in [0, 0.1) is 0 Å². The quantitative estimate of drug-likeness (QED) is 0.365. The fraction of sp³-hybridized carbons (Fsp3) is 0.857. The predicted octanol–water partition coefficient (Wildman–Crippen LogP) is 6.15. The van der Waals surface area contributed by atoms with Gasteiger partial charge in [0, 0.05) is 6.42 Å². The highest BCUT2D eigenvalue weighted by atomic mass is 127. The van der Waals surface area contributed by atoms with E-state index in [1.807, 2.05) is 42.6 Å². The predicted molar refractivity (Wildman–Crippen MR) is 89.7 cm³/mol. The number of unbranched alkanes of at least 4 members (excludes halogenated alkanes) is 1. The van der Waals surface area contributed by atoms with E-state index in [0.717, 1.165) is 6.42 Å². The van der Waals surface area contributed by atoms with Gasteiger partial charge >= 0.3 is 0 Å². The van der Waals surface area contributed by atoms with Gasteiger partial charge in [0.1, 0.15) is 6.10 Å². The van der Waals surface area contributed by atoms with Crippen LogP contribution in [0.4, 0.5) is 8.78 Å². The fourth-order valence-electron chi connectivity index (χ4n) is 1.38. The Morgan fingerprint density at radius 2 is 1.79 bits per heavy atom. The maximum absolute atomic E-state index is 14.2. The lowest BCUT2D eigenvalue weighted by molar-refractivity contribution is -0.0870. The van der Waals surface area contributed by atoms with Gasteiger partial charge in [-0.25, -0.2) is 8.78 Å². The summed E-state index contributed by atoms with van der Waals surface area (Å²) in [6, 6.07) is 0. The molecule has 0 aliphatic carbocycles. The van der Waals surface area contributed by atoms with Gasteiger partial charge in [-0.3, -0.25) is 0 Å². The molecule has 1 atom stereocenters. The summed E-state index contributed by atoms with van der Waals surface area (Å²) < 4.78 is 36.0. The molecule has 0 fully saturated rings. The van der Waals surface area contributed by atoms with E-state index in [-0.39, 0.29) is 11.5 Å². The zero-order valence-electron chi connectivity index (χ0n) is 12.9. The lowest BCUT2D eigenvalue weighted by Gasteiger charge is -2.40. The van der Waals surface area contributed by atoms with Crippen molar-refractivity contribution in [3.63, 3.8) is 0 Å². The highest BCUT2D eigenvalue weighted by Gasteiger charge is 2.45. The molecule has 0 radical (unpaired) electrons. The summed E-state index contributed by atoms with van der Waals surface area (Å²) in [5, 5.41) is -0.0643. The van der Waals surface area contributed by atoms with E-state index in [2.05, 4.69) is 20.8 Å². The summed E-state index contributed by atoms with van der Waals surface area (Å²) in [5.74, 6) is -2.78. The molecule has 0 unspecified atom stereocenters. The molecule has 19 heavy (non-hydrogen) atoms. The number of hydrogen-bond acceptors (Lipinski definition) is 1. The molecule has 0 aliphatic rings. The normalized spacial score (nSPS) is 16.1. The largest absolute Gasteiger partial charge is 0.404 e. The van der Waals surface area contributed by atoms with Gasteiger partial charge in [-0.2, -0.15) is 0 Å². The molecule has 0 aliphatic heterocycles. The molecule has 5 heteroatoms. The second-order valence-electron chi connectivity index (χ2n) is 6.48. The van der Waals surface area contributed by atoms with Gasteiger partial charge in [-0.05, 0) is 34.7 Å². The minimum Gasteiger partial charge on any atom is -0.404 e. The molecule has 0 aromatic rings. The van der Waals surface area contributed by atoms with Crippen molar-refractivity contribution in [1.29, 1.82) is 0 Å². The van der Waals surface area contributed by atoms with Crippen molar-refractivity contribution in [1.82, 2.24) is 0 Å². The van der Waals surface area contributed by atoms with Crippen molar-refractivity contribution in [2.75, 3.05) is 0 Å². The van der Waals surface area contributed by atoms with Crippen LogP contribution in [0.1, 0.15) is 47.0 Å². The first-order chi connectivity index (χ1) is 8.48. The van der Waals surface area contributed by atoms with Crippen LogP contribution >= 0.6 is 22.6 Å².